The highest BCUT2D eigenvalue weighted by atomic mass is 16.4. The number of urea groups is 1. The van der Waals surface area contributed by atoms with Crippen molar-refractivity contribution in [1.29, 1.82) is 0 Å². The maximum absolute atomic E-state index is 12.1. The molecule has 0 aromatic rings. The van der Waals surface area contributed by atoms with E-state index in [1.165, 1.54) is 4.90 Å². The van der Waals surface area contributed by atoms with Crippen LogP contribution in [0, 0.1) is 0 Å². The molecule has 0 saturated carbocycles. The summed E-state index contributed by atoms with van der Waals surface area (Å²) in [5.41, 5.74) is 0.874. The van der Waals surface area contributed by atoms with Gasteiger partial charge in [-0.05, 0) is 27.7 Å². The van der Waals surface area contributed by atoms with Crippen molar-refractivity contribution >= 4 is 12.0 Å². The average molecular weight is 242 g/mol. The van der Waals surface area contributed by atoms with Gasteiger partial charge in [0.1, 0.15) is 6.54 Å². The first kappa shape index (κ1) is 15.5. The highest BCUT2D eigenvalue weighted by Gasteiger charge is 2.24. The number of likely N-dealkylation sites (N-methyl/N-ethyl adjacent to an activating group) is 1. The lowest BCUT2D eigenvalue weighted by molar-refractivity contribution is -0.138. The summed E-state index contributed by atoms with van der Waals surface area (Å²) in [6.07, 6.45) is 0. The molecule has 0 heterocycles. The van der Waals surface area contributed by atoms with Crippen LogP contribution in [0.3, 0.4) is 0 Å². The highest BCUT2D eigenvalue weighted by Crippen LogP contribution is 2.06. The predicted molar refractivity (Wildman–Crippen MR) is 66.9 cm³/mol. The molecule has 5 nitrogen and oxygen atoms in total. The van der Waals surface area contributed by atoms with Gasteiger partial charge in [0, 0.05) is 19.1 Å². The summed E-state index contributed by atoms with van der Waals surface area (Å²) in [5.74, 6) is -1.00. The van der Waals surface area contributed by atoms with Crippen LogP contribution in [0.15, 0.2) is 12.2 Å². The van der Waals surface area contributed by atoms with E-state index in [1.54, 1.807) is 18.7 Å². The second-order valence-corrected chi connectivity index (χ2v) is 4.37. The van der Waals surface area contributed by atoms with E-state index in [2.05, 4.69) is 6.58 Å². The number of hydrogen-bond donors (Lipinski definition) is 1. The quantitative estimate of drug-likeness (QED) is 0.722. The zero-order chi connectivity index (χ0) is 13.6. The number of carbonyl (C=O) groups excluding carboxylic acids is 1. The van der Waals surface area contributed by atoms with Crippen molar-refractivity contribution in [3.8, 4) is 0 Å². The summed E-state index contributed by atoms with van der Waals surface area (Å²) in [4.78, 5) is 25.8. The molecular formula is C12H22N2O3. The van der Waals surface area contributed by atoms with Gasteiger partial charge in [-0.2, -0.15) is 0 Å². The molecule has 0 atom stereocenters. The number of hydrogen-bond acceptors (Lipinski definition) is 2. The Bertz CT molecular complexity index is 300. The number of aliphatic carboxylic acids is 1. The molecule has 98 valence electrons. The van der Waals surface area contributed by atoms with Crippen molar-refractivity contribution in [2.75, 3.05) is 19.6 Å². The summed E-state index contributed by atoms with van der Waals surface area (Å²) in [6.45, 7) is 11.8. The third kappa shape index (κ3) is 5.38. The minimum absolute atomic E-state index is 0.141. The fourth-order valence-corrected chi connectivity index (χ4v) is 1.44. The molecule has 0 saturated heterocycles. The summed E-state index contributed by atoms with van der Waals surface area (Å²) < 4.78 is 0. The SMILES string of the molecule is C=C(C)CN(CC)C(=O)N(CC(=O)O)C(C)C. The molecule has 17 heavy (non-hydrogen) atoms. The summed E-state index contributed by atoms with van der Waals surface area (Å²) >= 11 is 0. The lowest BCUT2D eigenvalue weighted by atomic mass is 10.3. The van der Waals surface area contributed by atoms with Crippen molar-refractivity contribution in [1.82, 2.24) is 9.80 Å². The van der Waals surface area contributed by atoms with Gasteiger partial charge in [0.25, 0.3) is 0 Å². The first-order chi connectivity index (χ1) is 7.79. The summed E-state index contributed by atoms with van der Waals surface area (Å²) in [5, 5.41) is 8.79. The summed E-state index contributed by atoms with van der Waals surface area (Å²) in [6, 6.07) is -0.398. The Hall–Kier alpha value is -1.52. The van der Waals surface area contributed by atoms with Crippen LogP contribution in [0.2, 0.25) is 0 Å². The molecule has 0 aliphatic carbocycles. The van der Waals surface area contributed by atoms with Gasteiger partial charge >= 0.3 is 12.0 Å². The normalized spacial score (nSPS) is 10.2. The third-order valence-corrected chi connectivity index (χ3v) is 2.29. The van der Waals surface area contributed by atoms with Crippen LogP contribution in [0.1, 0.15) is 27.7 Å². The molecule has 0 aliphatic rings. The Morgan fingerprint density at radius 3 is 2.12 bits per heavy atom. The van der Waals surface area contributed by atoms with Crippen LogP contribution in [0.25, 0.3) is 0 Å². The van der Waals surface area contributed by atoms with E-state index in [0.29, 0.717) is 13.1 Å². The maximum Gasteiger partial charge on any atom is 0.323 e. The lowest BCUT2D eigenvalue weighted by Crippen LogP contribution is -2.48. The van der Waals surface area contributed by atoms with Crippen molar-refractivity contribution < 1.29 is 14.7 Å². The molecule has 0 spiro atoms. The van der Waals surface area contributed by atoms with E-state index >= 15 is 0 Å². The molecule has 0 aromatic heterocycles. The minimum Gasteiger partial charge on any atom is -0.480 e. The first-order valence-electron chi connectivity index (χ1n) is 5.71. The van der Waals surface area contributed by atoms with Crippen LogP contribution in [-0.4, -0.2) is 52.6 Å². The largest absolute Gasteiger partial charge is 0.480 e. The van der Waals surface area contributed by atoms with Crippen LogP contribution < -0.4 is 0 Å². The zero-order valence-electron chi connectivity index (χ0n) is 11.1. The molecule has 0 rings (SSSR count). The maximum atomic E-state index is 12.1. The Balaban J connectivity index is 4.78. The zero-order valence-corrected chi connectivity index (χ0v) is 11.1. The van der Waals surface area contributed by atoms with Crippen molar-refractivity contribution in [3.63, 3.8) is 0 Å². The molecule has 0 unspecified atom stereocenters. The van der Waals surface area contributed by atoms with Gasteiger partial charge in [0.05, 0.1) is 0 Å². The number of carbonyl (C=O) groups is 2. The second-order valence-electron chi connectivity index (χ2n) is 4.37. The summed E-state index contributed by atoms with van der Waals surface area (Å²) in [7, 11) is 0. The lowest BCUT2D eigenvalue weighted by Gasteiger charge is -2.31. The van der Waals surface area contributed by atoms with Gasteiger partial charge in [-0.1, -0.05) is 12.2 Å². The van der Waals surface area contributed by atoms with Crippen molar-refractivity contribution in [3.05, 3.63) is 12.2 Å². The van der Waals surface area contributed by atoms with Gasteiger partial charge < -0.3 is 14.9 Å². The number of carboxylic acid groups (broad SMARTS) is 1. The Labute approximate surface area is 103 Å². The Morgan fingerprint density at radius 2 is 1.82 bits per heavy atom. The predicted octanol–water partition coefficient (Wildman–Crippen LogP) is 1.80. The van der Waals surface area contributed by atoms with Gasteiger partial charge in [-0.15, -0.1) is 0 Å². The van der Waals surface area contributed by atoms with Crippen molar-refractivity contribution in [2.24, 2.45) is 0 Å². The van der Waals surface area contributed by atoms with Crippen LogP contribution in [-0.2, 0) is 4.79 Å². The minimum atomic E-state index is -1.00. The van der Waals surface area contributed by atoms with Crippen molar-refractivity contribution in [2.45, 2.75) is 33.7 Å². The van der Waals surface area contributed by atoms with E-state index < -0.39 is 5.97 Å². The Kier molecular flexibility index (Phi) is 6.31. The van der Waals surface area contributed by atoms with Gasteiger partial charge in [-0.3, -0.25) is 4.79 Å². The molecule has 0 bridgehead atoms. The van der Waals surface area contributed by atoms with Crippen LogP contribution >= 0.6 is 0 Å². The second kappa shape index (κ2) is 6.93. The Morgan fingerprint density at radius 1 is 1.29 bits per heavy atom. The molecule has 1 N–H and O–H groups in total. The van der Waals surface area contributed by atoms with Gasteiger partial charge in [0.15, 0.2) is 0 Å². The monoisotopic (exact) mass is 242 g/mol. The third-order valence-electron chi connectivity index (χ3n) is 2.29. The fourth-order valence-electron chi connectivity index (χ4n) is 1.44. The smallest absolute Gasteiger partial charge is 0.323 e. The van der Waals surface area contributed by atoms with E-state index in [-0.39, 0.29) is 18.6 Å². The van der Waals surface area contributed by atoms with Crippen LogP contribution in [0.4, 0.5) is 4.79 Å². The molecule has 5 heteroatoms. The molecule has 0 aliphatic heterocycles. The number of rotatable bonds is 6. The van der Waals surface area contributed by atoms with Gasteiger partial charge in [0.2, 0.25) is 0 Å². The van der Waals surface area contributed by atoms with E-state index in [1.807, 2.05) is 13.8 Å². The van der Waals surface area contributed by atoms with E-state index in [9.17, 15) is 9.59 Å². The number of nitrogens with zero attached hydrogens (tertiary/aromatic N) is 2. The molecule has 0 aromatic carbocycles. The van der Waals surface area contributed by atoms with E-state index in [0.717, 1.165) is 5.57 Å². The van der Waals surface area contributed by atoms with Crippen LogP contribution in [0.5, 0.6) is 0 Å². The number of carboxylic acids is 1. The average Bonchev–Trinajstić information content (AvgIpc) is 2.20. The van der Waals surface area contributed by atoms with E-state index in [4.69, 9.17) is 5.11 Å². The fraction of sp³-hybridized carbons (Fsp3) is 0.667. The molecule has 2 amide bonds. The number of amides is 2. The standard InChI is InChI=1S/C12H22N2O3/c1-6-13(7-9(2)3)12(17)14(10(4)5)8-11(15)16/h10H,2,6-8H2,1,3-5H3,(H,15,16). The molecule has 0 fully saturated rings. The van der Waals surface area contributed by atoms with Gasteiger partial charge in [-0.25, -0.2) is 4.79 Å². The highest BCUT2D eigenvalue weighted by molar-refractivity contribution is 5.80. The molecule has 0 radical (unpaired) electrons. The molecular weight excluding hydrogens is 220 g/mol. The topological polar surface area (TPSA) is 60.9 Å². The first-order valence-corrected chi connectivity index (χ1v) is 5.71.